The van der Waals surface area contributed by atoms with Crippen molar-refractivity contribution in [2.45, 2.75) is 104 Å². The molecule has 300 valence electrons. The molecule has 0 spiro atoms. The molecule has 0 aromatic heterocycles. The highest BCUT2D eigenvalue weighted by atomic mass is 16.6. The fourth-order valence-corrected chi connectivity index (χ4v) is 4.00. The predicted molar refractivity (Wildman–Crippen MR) is 206 cm³/mol. The lowest BCUT2D eigenvalue weighted by Gasteiger charge is -2.34. The first-order valence-electron chi connectivity index (χ1n) is 16.7. The zero-order chi connectivity index (χ0) is 42.9. The first-order chi connectivity index (χ1) is 25.1. The number of hydrogen-bond acceptors (Lipinski definition) is 11. The highest BCUT2D eigenvalue weighted by Crippen LogP contribution is 2.16. The minimum absolute atomic E-state index is 0.254. The summed E-state index contributed by atoms with van der Waals surface area (Å²) >= 11 is 0. The predicted octanol–water partition coefficient (Wildman–Crippen LogP) is 4.40. The van der Waals surface area contributed by atoms with Crippen LogP contribution in [-0.4, -0.2) is 89.7 Å². The second-order valence-corrected chi connectivity index (χ2v) is 14.9. The van der Waals surface area contributed by atoms with Crippen LogP contribution in [0.1, 0.15) is 101 Å². The van der Waals surface area contributed by atoms with Crippen LogP contribution in [0.5, 0.6) is 0 Å². The van der Waals surface area contributed by atoms with Crippen molar-refractivity contribution in [1.82, 2.24) is 16.0 Å². The number of nitrogens with one attached hydrogen (secondary N) is 3. The van der Waals surface area contributed by atoms with E-state index in [2.05, 4.69) is 32.5 Å². The van der Waals surface area contributed by atoms with Crippen LogP contribution in [0.4, 0.5) is 9.59 Å². The highest BCUT2D eigenvalue weighted by molar-refractivity contribution is 5.97. The van der Waals surface area contributed by atoms with E-state index in [0.29, 0.717) is 16.7 Å². The second-order valence-electron chi connectivity index (χ2n) is 14.9. The number of terminal acetylenes is 2. The molecule has 15 nitrogen and oxygen atoms in total. The third kappa shape index (κ3) is 18.5. The maximum atomic E-state index is 12.5. The molecule has 0 saturated heterocycles. The van der Waals surface area contributed by atoms with Gasteiger partial charge in [-0.25, -0.2) is 19.2 Å². The fraction of sp³-hybridized carbons (Fsp3) is 0.450. The number of aromatic carboxylic acids is 1. The van der Waals surface area contributed by atoms with Gasteiger partial charge in [0.25, 0.3) is 5.91 Å². The molecular formula is C40H54N4O11. The number of methoxy groups -OCH3 is 2. The zero-order valence-corrected chi connectivity index (χ0v) is 33.5. The van der Waals surface area contributed by atoms with Gasteiger partial charge in [0.2, 0.25) is 0 Å². The largest absolute Gasteiger partial charge is 0.478 e. The summed E-state index contributed by atoms with van der Waals surface area (Å²) in [6, 6.07) is 10.4. The van der Waals surface area contributed by atoms with Crippen molar-refractivity contribution in [3.63, 3.8) is 0 Å². The maximum Gasteiger partial charge on any atom is 0.408 e. The molecule has 55 heavy (non-hydrogen) atoms. The lowest BCUT2D eigenvalue weighted by molar-refractivity contribution is -0.145. The van der Waals surface area contributed by atoms with Gasteiger partial charge in [-0.15, -0.1) is 12.8 Å². The number of ether oxygens (including phenoxy) is 4. The van der Waals surface area contributed by atoms with Gasteiger partial charge in [0.15, 0.2) is 0 Å². The van der Waals surface area contributed by atoms with Gasteiger partial charge in [-0.2, -0.15) is 0 Å². The fourth-order valence-electron chi connectivity index (χ4n) is 4.00. The van der Waals surface area contributed by atoms with Gasteiger partial charge in [0.1, 0.15) is 23.3 Å². The summed E-state index contributed by atoms with van der Waals surface area (Å²) in [4.78, 5) is 70.0. The molecule has 0 saturated carbocycles. The molecule has 2 aromatic rings. The molecule has 0 heterocycles. The van der Waals surface area contributed by atoms with Gasteiger partial charge in [0.05, 0.1) is 30.9 Å². The molecule has 15 heteroatoms. The number of alkyl carbamates (subject to hydrolysis) is 2. The van der Waals surface area contributed by atoms with Crippen molar-refractivity contribution in [3.8, 4) is 24.7 Å². The third-order valence-corrected chi connectivity index (χ3v) is 6.93. The van der Waals surface area contributed by atoms with Crippen LogP contribution in [0.3, 0.4) is 0 Å². The van der Waals surface area contributed by atoms with Crippen LogP contribution in [0.15, 0.2) is 48.5 Å². The molecule has 1 unspecified atom stereocenters. The molecule has 3 amide bonds. The Hall–Kier alpha value is -6.06. The van der Waals surface area contributed by atoms with Crippen LogP contribution >= 0.6 is 0 Å². The number of carbonyl (C=O) groups is 6. The quantitative estimate of drug-likeness (QED) is 0.136. The number of carboxylic acids is 1. The summed E-state index contributed by atoms with van der Waals surface area (Å²) in [6.07, 6.45) is 9.04. The number of amides is 3. The van der Waals surface area contributed by atoms with Gasteiger partial charge < -0.3 is 45.7 Å². The smallest absolute Gasteiger partial charge is 0.408 e. The van der Waals surface area contributed by atoms with E-state index in [1.807, 2.05) is 0 Å². The molecule has 2 rings (SSSR count). The average molecular weight is 767 g/mol. The second kappa shape index (κ2) is 21.0. The summed E-state index contributed by atoms with van der Waals surface area (Å²) in [5.74, 6) is 2.12. The number of benzene rings is 2. The van der Waals surface area contributed by atoms with E-state index in [-0.39, 0.29) is 5.56 Å². The summed E-state index contributed by atoms with van der Waals surface area (Å²) < 4.78 is 19.6. The molecule has 0 bridgehead atoms. The molecule has 0 fully saturated rings. The minimum Gasteiger partial charge on any atom is -0.478 e. The standard InChI is InChI=1S/C20H26N2O5.C11H22N2O4.C9H6O2/c1-8-13-9-11-14(12-10-13)16(23)21-15(17(24)26-7)20(5,6)22-18(25)27-19(2,3)4;1-10(2,3)17-9(15)13-11(4,5)7(12)8(14)16-6;1-2-7-3-5-8(6-4-7)9(10)11/h1,9-12,15H,2-7H3,(H,21,23)(H,22,25);7H,12H2,1-6H3,(H,13,15);1,3-6H,(H,10,11)/t;7-;/m.1./s1. The SMILES string of the molecule is C#Cc1ccc(C(=O)NC(C(=O)OC)C(C)(C)NC(=O)OC(C)(C)C)cc1.C#Cc1ccc(C(=O)O)cc1.COC(=O)[C@@H](N)C(C)(C)NC(=O)OC(C)(C)C. The van der Waals surface area contributed by atoms with Gasteiger partial charge in [-0.05, 0) is 118 Å². The van der Waals surface area contributed by atoms with Crippen molar-refractivity contribution < 1.29 is 52.8 Å². The molecule has 6 N–H and O–H groups in total. The number of carbonyl (C=O) groups excluding carboxylic acids is 5. The number of hydrogen-bond donors (Lipinski definition) is 5. The Morgan fingerprint density at radius 3 is 1.33 bits per heavy atom. The molecule has 0 aliphatic heterocycles. The Kier molecular flexibility index (Phi) is 18.7. The summed E-state index contributed by atoms with van der Waals surface area (Å²) in [5, 5.41) is 16.2. The first kappa shape index (κ1) is 48.9. The summed E-state index contributed by atoms with van der Waals surface area (Å²) in [6.45, 7) is 16.8. The van der Waals surface area contributed by atoms with Crippen LogP contribution in [0.25, 0.3) is 0 Å². The molecular weight excluding hydrogens is 712 g/mol. The highest BCUT2D eigenvalue weighted by Gasteiger charge is 2.40. The molecule has 2 atom stereocenters. The van der Waals surface area contributed by atoms with Crippen molar-refractivity contribution in [3.05, 3.63) is 70.8 Å². The van der Waals surface area contributed by atoms with Gasteiger partial charge in [-0.1, -0.05) is 11.8 Å². The Morgan fingerprint density at radius 2 is 1.00 bits per heavy atom. The topological polar surface area (TPSA) is 222 Å². The van der Waals surface area contributed by atoms with E-state index in [0.717, 1.165) is 0 Å². The Balaban J connectivity index is 0.000000883. The van der Waals surface area contributed by atoms with E-state index in [4.69, 9.17) is 37.9 Å². The van der Waals surface area contributed by atoms with Gasteiger partial charge >= 0.3 is 30.1 Å². The monoisotopic (exact) mass is 766 g/mol. The average Bonchev–Trinajstić information content (AvgIpc) is 3.07. The van der Waals surface area contributed by atoms with Crippen LogP contribution < -0.4 is 21.7 Å². The van der Waals surface area contributed by atoms with Gasteiger partial charge in [-0.3, -0.25) is 9.59 Å². The zero-order valence-electron chi connectivity index (χ0n) is 33.5. The lowest BCUT2D eigenvalue weighted by atomic mass is 9.94. The van der Waals surface area contributed by atoms with Crippen LogP contribution in [-0.2, 0) is 28.5 Å². The lowest BCUT2D eigenvalue weighted by Crippen LogP contribution is -2.62. The van der Waals surface area contributed by atoms with Crippen molar-refractivity contribution >= 4 is 36.0 Å². The van der Waals surface area contributed by atoms with Crippen LogP contribution in [0, 0.1) is 24.7 Å². The number of esters is 2. The Morgan fingerprint density at radius 1 is 0.636 bits per heavy atom. The van der Waals surface area contributed by atoms with Crippen molar-refractivity contribution in [2.75, 3.05) is 14.2 Å². The van der Waals surface area contributed by atoms with Crippen molar-refractivity contribution in [2.24, 2.45) is 5.73 Å². The normalized spacial score (nSPS) is 12.1. The molecule has 0 radical (unpaired) electrons. The van der Waals surface area contributed by atoms with E-state index in [1.165, 1.54) is 26.4 Å². The van der Waals surface area contributed by atoms with Crippen LogP contribution in [0.2, 0.25) is 0 Å². The number of rotatable bonds is 9. The summed E-state index contributed by atoms with van der Waals surface area (Å²) in [7, 11) is 2.44. The molecule has 0 aliphatic rings. The molecule has 2 aromatic carbocycles. The Labute approximate surface area is 323 Å². The third-order valence-electron chi connectivity index (χ3n) is 6.93. The Bertz CT molecular complexity index is 1720. The minimum atomic E-state index is -1.18. The van der Waals surface area contributed by atoms with E-state index >= 15 is 0 Å². The summed E-state index contributed by atoms with van der Waals surface area (Å²) in [5.41, 5.74) is 4.13. The number of nitrogens with two attached hydrogens (primary N) is 1. The molecule has 0 aliphatic carbocycles. The number of carboxylic acid groups (broad SMARTS) is 1. The van der Waals surface area contributed by atoms with Gasteiger partial charge in [0, 0.05) is 16.7 Å². The van der Waals surface area contributed by atoms with E-state index in [1.54, 1.807) is 106 Å². The van der Waals surface area contributed by atoms with Crippen molar-refractivity contribution in [1.29, 1.82) is 0 Å². The van der Waals surface area contributed by atoms with E-state index < -0.39 is 70.4 Å². The van der Waals surface area contributed by atoms with E-state index in [9.17, 15) is 28.8 Å². The first-order valence-corrected chi connectivity index (χ1v) is 16.7. The maximum absolute atomic E-state index is 12.5.